The van der Waals surface area contributed by atoms with E-state index >= 15 is 0 Å². The molecule has 0 radical (unpaired) electrons. The van der Waals surface area contributed by atoms with Crippen LogP contribution in [0.1, 0.15) is 44.1 Å². The summed E-state index contributed by atoms with van der Waals surface area (Å²) in [5.41, 5.74) is 1.21. The summed E-state index contributed by atoms with van der Waals surface area (Å²) in [6, 6.07) is 10.1. The molecule has 4 nitrogen and oxygen atoms in total. The lowest BCUT2D eigenvalue weighted by Crippen LogP contribution is -2.43. The molecule has 0 aliphatic heterocycles. The van der Waals surface area contributed by atoms with E-state index in [9.17, 15) is 9.90 Å². The molecule has 4 heteroatoms. The van der Waals surface area contributed by atoms with Crippen molar-refractivity contribution in [2.24, 2.45) is 5.92 Å². The van der Waals surface area contributed by atoms with E-state index in [2.05, 4.69) is 17.4 Å². The third-order valence-electron chi connectivity index (χ3n) is 4.71. The number of aliphatic hydroxyl groups excluding tert-OH is 1. The second-order valence-electron chi connectivity index (χ2n) is 6.47. The first kappa shape index (κ1) is 17.8. The Morgan fingerprint density at radius 1 is 1.17 bits per heavy atom. The molecule has 2 amide bonds. The first-order valence-corrected chi connectivity index (χ1v) is 8.97. The number of amides is 2. The van der Waals surface area contributed by atoms with Crippen LogP contribution in [0.3, 0.4) is 0 Å². The summed E-state index contributed by atoms with van der Waals surface area (Å²) in [5, 5.41) is 12.2. The van der Waals surface area contributed by atoms with Crippen LogP contribution in [0.2, 0.25) is 0 Å². The zero-order chi connectivity index (χ0) is 16.3. The first-order chi connectivity index (χ1) is 11.3. The van der Waals surface area contributed by atoms with Crippen molar-refractivity contribution in [1.29, 1.82) is 0 Å². The quantitative estimate of drug-likeness (QED) is 0.687. The Balaban J connectivity index is 1.67. The summed E-state index contributed by atoms with van der Waals surface area (Å²) in [6.07, 6.45) is 8.58. The third kappa shape index (κ3) is 6.61. The van der Waals surface area contributed by atoms with Gasteiger partial charge < -0.3 is 15.3 Å². The van der Waals surface area contributed by atoms with Crippen molar-refractivity contribution in [1.82, 2.24) is 10.2 Å². The molecule has 0 atom stereocenters. The van der Waals surface area contributed by atoms with Gasteiger partial charge in [0.05, 0.1) is 6.61 Å². The maximum Gasteiger partial charge on any atom is 0.317 e. The van der Waals surface area contributed by atoms with Crippen molar-refractivity contribution in [2.45, 2.75) is 44.9 Å². The highest BCUT2D eigenvalue weighted by atomic mass is 16.3. The van der Waals surface area contributed by atoms with Crippen LogP contribution in [0.25, 0.3) is 0 Å². The number of carbonyl (C=O) groups excluding carboxylic acids is 1. The van der Waals surface area contributed by atoms with Gasteiger partial charge in [0.15, 0.2) is 0 Å². The van der Waals surface area contributed by atoms with Crippen LogP contribution in [0, 0.1) is 5.92 Å². The molecule has 2 N–H and O–H groups in total. The van der Waals surface area contributed by atoms with Gasteiger partial charge in [-0.15, -0.1) is 0 Å². The fourth-order valence-electron chi connectivity index (χ4n) is 3.34. The van der Waals surface area contributed by atoms with E-state index < -0.39 is 0 Å². The van der Waals surface area contributed by atoms with Crippen molar-refractivity contribution in [3.8, 4) is 0 Å². The number of nitrogens with zero attached hydrogens (tertiary/aromatic N) is 1. The van der Waals surface area contributed by atoms with Crippen LogP contribution < -0.4 is 5.32 Å². The number of benzene rings is 1. The highest BCUT2D eigenvalue weighted by Gasteiger charge is 2.15. The molecule has 1 aromatic carbocycles. The highest BCUT2D eigenvalue weighted by molar-refractivity contribution is 5.74. The monoisotopic (exact) mass is 318 g/mol. The van der Waals surface area contributed by atoms with Crippen LogP contribution in [-0.4, -0.2) is 42.3 Å². The zero-order valence-electron chi connectivity index (χ0n) is 14.0. The number of urea groups is 1. The zero-order valence-corrected chi connectivity index (χ0v) is 14.0. The molecule has 23 heavy (non-hydrogen) atoms. The summed E-state index contributed by atoms with van der Waals surface area (Å²) >= 11 is 0. The summed E-state index contributed by atoms with van der Waals surface area (Å²) in [6.45, 7) is 1.77. The molecule has 1 saturated carbocycles. The SMILES string of the molecule is O=C(NCCCC1CCCC1)N(CCO)CCc1ccccc1. The number of carbonyl (C=O) groups is 1. The summed E-state index contributed by atoms with van der Waals surface area (Å²) < 4.78 is 0. The Bertz CT molecular complexity index is 444. The van der Waals surface area contributed by atoms with Gasteiger partial charge in [-0.25, -0.2) is 4.79 Å². The largest absolute Gasteiger partial charge is 0.395 e. The van der Waals surface area contributed by atoms with Gasteiger partial charge in [-0.3, -0.25) is 0 Å². The topological polar surface area (TPSA) is 52.6 Å². The maximum absolute atomic E-state index is 12.3. The Hall–Kier alpha value is -1.55. The number of hydrogen-bond acceptors (Lipinski definition) is 2. The van der Waals surface area contributed by atoms with Gasteiger partial charge in [-0.05, 0) is 30.7 Å². The van der Waals surface area contributed by atoms with Crippen molar-refractivity contribution in [3.05, 3.63) is 35.9 Å². The summed E-state index contributed by atoms with van der Waals surface area (Å²) in [5.74, 6) is 0.874. The van der Waals surface area contributed by atoms with E-state index in [-0.39, 0.29) is 12.6 Å². The van der Waals surface area contributed by atoms with E-state index in [0.29, 0.717) is 13.1 Å². The lowest BCUT2D eigenvalue weighted by atomic mass is 10.0. The second-order valence-corrected chi connectivity index (χ2v) is 6.47. The molecule has 2 rings (SSSR count). The third-order valence-corrected chi connectivity index (χ3v) is 4.71. The van der Waals surface area contributed by atoms with E-state index in [4.69, 9.17) is 0 Å². The molecule has 0 heterocycles. The van der Waals surface area contributed by atoms with Gasteiger partial charge in [0.2, 0.25) is 0 Å². The normalized spacial score (nSPS) is 14.8. The molecule has 0 aromatic heterocycles. The molecule has 1 aromatic rings. The highest BCUT2D eigenvalue weighted by Crippen LogP contribution is 2.28. The Morgan fingerprint density at radius 3 is 2.61 bits per heavy atom. The van der Waals surface area contributed by atoms with Crippen LogP contribution in [0.4, 0.5) is 4.79 Å². The minimum absolute atomic E-state index is 0.00425. The predicted molar refractivity (Wildman–Crippen MR) is 93.4 cm³/mol. The van der Waals surface area contributed by atoms with Crippen LogP contribution >= 0.6 is 0 Å². The van der Waals surface area contributed by atoms with Crippen LogP contribution in [0.5, 0.6) is 0 Å². The molecule has 0 saturated heterocycles. The predicted octanol–water partition coefficient (Wildman–Crippen LogP) is 3.20. The van der Waals surface area contributed by atoms with Gasteiger partial charge >= 0.3 is 6.03 Å². The molecule has 0 spiro atoms. The van der Waals surface area contributed by atoms with Crippen molar-refractivity contribution in [2.75, 3.05) is 26.2 Å². The van der Waals surface area contributed by atoms with Crippen molar-refractivity contribution >= 4 is 6.03 Å². The maximum atomic E-state index is 12.3. The lowest BCUT2D eigenvalue weighted by molar-refractivity contribution is 0.177. The molecular weight excluding hydrogens is 288 g/mol. The molecule has 1 aliphatic rings. The van der Waals surface area contributed by atoms with Crippen molar-refractivity contribution in [3.63, 3.8) is 0 Å². The van der Waals surface area contributed by atoms with E-state index in [1.807, 2.05) is 18.2 Å². The summed E-state index contributed by atoms with van der Waals surface area (Å²) in [4.78, 5) is 14.0. The van der Waals surface area contributed by atoms with E-state index in [1.54, 1.807) is 4.90 Å². The van der Waals surface area contributed by atoms with Crippen molar-refractivity contribution < 1.29 is 9.90 Å². The fourth-order valence-corrected chi connectivity index (χ4v) is 3.34. The number of hydrogen-bond donors (Lipinski definition) is 2. The molecular formula is C19H30N2O2. The van der Waals surface area contributed by atoms with Gasteiger partial charge in [-0.2, -0.15) is 0 Å². The molecule has 0 unspecified atom stereocenters. The minimum atomic E-state index is -0.0543. The number of rotatable bonds is 9. The Kier molecular flexibility index (Phi) is 7.95. The molecule has 1 aliphatic carbocycles. The van der Waals surface area contributed by atoms with Gasteiger partial charge in [0.1, 0.15) is 0 Å². The molecule has 1 fully saturated rings. The molecule has 128 valence electrons. The van der Waals surface area contributed by atoms with Gasteiger partial charge in [0.25, 0.3) is 0 Å². The van der Waals surface area contributed by atoms with E-state index in [0.717, 1.165) is 25.3 Å². The second kappa shape index (κ2) is 10.3. The minimum Gasteiger partial charge on any atom is -0.395 e. The van der Waals surface area contributed by atoms with Crippen LogP contribution in [-0.2, 0) is 6.42 Å². The lowest BCUT2D eigenvalue weighted by Gasteiger charge is -2.22. The molecule has 0 bridgehead atoms. The summed E-state index contributed by atoms with van der Waals surface area (Å²) in [7, 11) is 0. The number of aliphatic hydroxyl groups is 1. The fraction of sp³-hybridized carbons (Fsp3) is 0.632. The first-order valence-electron chi connectivity index (χ1n) is 8.97. The van der Waals surface area contributed by atoms with Crippen LogP contribution in [0.15, 0.2) is 30.3 Å². The Labute approximate surface area is 139 Å². The van der Waals surface area contributed by atoms with E-state index in [1.165, 1.54) is 37.7 Å². The van der Waals surface area contributed by atoms with Gasteiger partial charge in [0, 0.05) is 19.6 Å². The standard InChI is InChI=1S/C19H30N2O2/c22-16-15-21(14-12-18-7-2-1-3-8-18)19(23)20-13-6-11-17-9-4-5-10-17/h1-3,7-8,17,22H,4-6,9-16H2,(H,20,23). The van der Waals surface area contributed by atoms with Gasteiger partial charge in [-0.1, -0.05) is 56.0 Å². The smallest absolute Gasteiger partial charge is 0.317 e. The Morgan fingerprint density at radius 2 is 1.91 bits per heavy atom. The number of nitrogens with one attached hydrogen (secondary N) is 1. The average molecular weight is 318 g/mol. The average Bonchev–Trinajstić information content (AvgIpc) is 3.09.